The number of fused-ring (bicyclic) bond motifs is 3. The number of aromatic amines is 1. The van der Waals surface area contributed by atoms with Gasteiger partial charge in [-0.05, 0) is 37.3 Å². The molecule has 1 aliphatic heterocycles. The molecule has 0 saturated heterocycles. The fraction of sp³-hybridized carbons (Fsp3) is 0.400. The van der Waals surface area contributed by atoms with Gasteiger partial charge >= 0.3 is 0 Å². The standard InChI is InChI=1S/C25H29N3O/c1-18(20-7-3-2-4-8-20)28(15-19-11-12-19)17-25(29)27-14-13-24-22(16-27)21-9-5-6-10-23(21)26-24/h2-10,18-19,26H,11-17H2,1H3. The molecule has 2 heterocycles. The van der Waals surface area contributed by atoms with E-state index in [2.05, 4.69) is 76.3 Å². The molecule has 1 atom stereocenters. The minimum atomic E-state index is 0.254. The van der Waals surface area contributed by atoms with Gasteiger partial charge in [0, 0.05) is 54.3 Å². The average Bonchev–Trinajstić information content (AvgIpc) is 3.50. The Kier molecular flexibility index (Phi) is 4.88. The van der Waals surface area contributed by atoms with Crippen LogP contribution in [0, 0.1) is 5.92 Å². The summed E-state index contributed by atoms with van der Waals surface area (Å²) in [6.07, 6.45) is 3.51. The molecule has 4 nitrogen and oxygen atoms in total. The number of hydrogen-bond acceptors (Lipinski definition) is 2. The van der Waals surface area contributed by atoms with Gasteiger partial charge in [0.2, 0.25) is 5.91 Å². The topological polar surface area (TPSA) is 39.3 Å². The monoisotopic (exact) mass is 387 g/mol. The van der Waals surface area contributed by atoms with E-state index in [0.717, 1.165) is 32.0 Å². The zero-order valence-corrected chi connectivity index (χ0v) is 17.1. The van der Waals surface area contributed by atoms with Crippen LogP contribution in [0.1, 0.15) is 42.6 Å². The smallest absolute Gasteiger partial charge is 0.237 e. The van der Waals surface area contributed by atoms with Crippen molar-refractivity contribution in [2.45, 2.75) is 38.8 Å². The number of carbonyl (C=O) groups is 1. The lowest BCUT2D eigenvalue weighted by molar-refractivity contribution is -0.134. The van der Waals surface area contributed by atoms with Gasteiger partial charge in [-0.3, -0.25) is 9.69 Å². The molecule has 1 N–H and O–H groups in total. The summed E-state index contributed by atoms with van der Waals surface area (Å²) >= 11 is 0. The van der Waals surface area contributed by atoms with Crippen LogP contribution in [0.15, 0.2) is 54.6 Å². The summed E-state index contributed by atoms with van der Waals surface area (Å²) < 4.78 is 0. The number of amides is 1. The maximum absolute atomic E-state index is 13.3. The SMILES string of the molecule is CC(c1ccccc1)N(CC(=O)N1CCc2[nH]c3ccccc3c2C1)CC1CC1. The first-order valence-corrected chi connectivity index (χ1v) is 10.8. The molecule has 29 heavy (non-hydrogen) atoms. The Morgan fingerprint density at radius 3 is 2.69 bits per heavy atom. The van der Waals surface area contributed by atoms with E-state index in [1.54, 1.807) is 0 Å². The van der Waals surface area contributed by atoms with E-state index < -0.39 is 0 Å². The number of carbonyl (C=O) groups excluding carboxylic acids is 1. The van der Waals surface area contributed by atoms with Crippen LogP contribution >= 0.6 is 0 Å². The average molecular weight is 388 g/mol. The molecule has 1 aromatic heterocycles. The maximum atomic E-state index is 13.3. The van der Waals surface area contributed by atoms with Crippen LogP contribution in [0.3, 0.4) is 0 Å². The van der Waals surface area contributed by atoms with Crippen molar-refractivity contribution < 1.29 is 4.79 Å². The van der Waals surface area contributed by atoms with Crippen molar-refractivity contribution in [3.05, 3.63) is 71.4 Å². The first kappa shape index (κ1) is 18.4. The first-order chi connectivity index (χ1) is 14.2. The highest BCUT2D eigenvalue weighted by Gasteiger charge is 2.30. The summed E-state index contributed by atoms with van der Waals surface area (Å²) in [6, 6.07) is 19.3. The van der Waals surface area contributed by atoms with Crippen LogP contribution in [-0.2, 0) is 17.8 Å². The Labute approximate surface area is 172 Å². The number of aromatic nitrogens is 1. The van der Waals surface area contributed by atoms with Crippen LogP contribution in [0.2, 0.25) is 0 Å². The molecule has 5 rings (SSSR count). The van der Waals surface area contributed by atoms with E-state index in [9.17, 15) is 4.79 Å². The highest BCUT2D eigenvalue weighted by atomic mass is 16.2. The fourth-order valence-corrected chi connectivity index (χ4v) is 4.59. The van der Waals surface area contributed by atoms with Gasteiger partial charge in [-0.15, -0.1) is 0 Å². The third-order valence-electron chi connectivity index (χ3n) is 6.59. The predicted octanol–water partition coefficient (Wildman–Crippen LogP) is 4.53. The maximum Gasteiger partial charge on any atom is 0.237 e. The summed E-state index contributed by atoms with van der Waals surface area (Å²) in [5.74, 6) is 1.01. The molecule has 4 heteroatoms. The quantitative estimate of drug-likeness (QED) is 0.675. The third kappa shape index (κ3) is 3.82. The van der Waals surface area contributed by atoms with E-state index in [0.29, 0.717) is 6.54 Å². The Hall–Kier alpha value is -2.59. The molecule has 2 aromatic carbocycles. The van der Waals surface area contributed by atoms with Gasteiger partial charge in [-0.1, -0.05) is 48.5 Å². The lowest BCUT2D eigenvalue weighted by atomic mass is 10.0. The zero-order valence-electron chi connectivity index (χ0n) is 17.1. The van der Waals surface area contributed by atoms with Gasteiger partial charge in [0.25, 0.3) is 0 Å². The first-order valence-electron chi connectivity index (χ1n) is 10.8. The van der Waals surface area contributed by atoms with Crippen molar-refractivity contribution in [1.82, 2.24) is 14.8 Å². The van der Waals surface area contributed by atoms with E-state index in [1.807, 2.05) is 0 Å². The van der Waals surface area contributed by atoms with Crippen molar-refractivity contribution in [3.63, 3.8) is 0 Å². The number of nitrogens with one attached hydrogen (secondary N) is 1. The van der Waals surface area contributed by atoms with Crippen molar-refractivity contribution in [3.8, 4) is 0 Å². The van der Waals surface area contributed by atoms with Crippen LogP contribution in [0.5, 0.6) is 0 Å². The van der Waals surface area contributed by atoms with Gasteiger partial charge in [0.15, 0.2) is 0 Å². The highest BCUT2D eigenvalue weighted by Crippen LogP contribution is 2.33. The minimum Gasteiger partial charge on any atom is -0.358 e. The van der Waals surface area contributed by atoms with Crippen LogP contribution in [-0.4, -0.2) is 40.3 Å². The molecular formula is C25H29N3O. The number of rotatable bonds is 6. The van der Waals surface area contributed by atoms with E-state index in [-0.39, 0.29) is 11.9 Å². The molecule has 0 spiro atoms. The fourth-order valence-electron chi connectivity index (χ4n) is 4.59. The summed E-state index contributed by atoms with van der Waals surface area (Å²) in [7, 11) is 0. The van der Waals surface area contributed by atoms with Gasteiger partial charge < -0.3 is 9.88 Å². The van der Waals surface area contributed by atoms with Crippen molar-refractivity contribution >= 4 is 16.8 Å². The van der Waals surface area contributed by atoms with E-state index >= 15 is 0 Å². The zero-order chi connectivity index (χ0) is 19.8. The molecule has 1 fully saturated rings. The van der Waals surface area contributed by atoms with Crippen LogP contribution < -0.4 is 0 Å². The molecule has 1 saturated carbocycles. The summed E-state index contributed by atoms with van der Waals surface area (Å²) in [5, 5.41) is 1.26. The molecule has 2 aliphatic rings. The van der Waals surface area contributed by atoms with Crippen LogP contribution in [0.4, 0.5) is 0 Å². The Bertz CT molecular complexity index is 1010. The second kappa shape index (κ2) is 7.68. The van der Waals surface area contributed by atoms with Gasteiger partial charge in [0.05, 0.1) is 6.54 Å². The number of benzene rings is 2. The minimum absolute atomic E-state index is 0.254. The second-order valence-corrected chi connectivity index (χ2v) is 8.65. The largest absolute Gasteiger partial charge is 0.358 e. The molecule has 150 valence electrons. The van der Waals surface area contributed by atoms with E-state index in [4.69, 9.17) is 0 Å². The predicted molar refractivity (Wildman–Crippen MR) is 117 cm³/mol. The van der Waals surface area contributed by atoms with E-state index in [1.165, 1.54) is 40.6 Å². The Morgan fingerprint density at radius 2 is 1.90 bits per heavy atom. The number of nitrogens with zero attached hydrogens (tertiary/aromatic N) is 2. The number of hydrogen-bond donors (Lipinski definition) is 1. The van der Waals surface area contributed by atoms with Gasteiger partial charge in [0.1, 0.15) is 0 Å². The molecule has 1 unspecified atom stereocenters. The highest BCUT2D eigenvalue weighted by molar-refractivity contribution is 5.86. The van der Waals surface area contributed by atoms with Gasteiger partial charge in [-0.2, -0.15) is 0 Å². The molecular weight excluding hydrogens is 358 g/mol. The van der Waals surface area contributed by atoms with Crippen molar-refractivity contribution in [2.24, 2.45) is 5.92 Å². The second-order valence-electron chi connectivity index (χ2n) is 8.65. The van der Waals surface area contributed by atoms with Gasteiger partial charge in [-0.25, -0.2) is 0 Å². The molecule has 1 amide bonds. The normalized spacial score (nSPS) is 17.5. The molecule has 0 radical (unpaired) electrons. The molecule has 0 bridgehead atoms. The lowest BCUT2D eigenvalue weighted by Crippen LogP contribution is -2.44. The summed E-state index contributed by atoms with van der Waals surface area (Å²) in [5.41, 5.74) is 5.06. The molecule has 1 aliphatic carbocycles. The van der Waals surface area contributed by atoms with Crippen molar-refractivity contribution in [1.29, 1.82) is 0 Å². The third-order valence-corrected chi connectivity index (χ3v) is 6.59. The summed E-state index contributed by atoms with van der Waals surface area (Å²) in [6.45, 7) is 5.28. The number of H-pyrrole nitrogens is 1. The Morgan fingerprint density at radius 1 is 1.14 bits per heavy atom. The number of para-hydroxylation sites is 1. The van der Waals surface area contributed by atoms with Crippen LogP contribution in [0.25, 0.3) is 10.9 Å². The van der Waals surface area contributed by atoms with Crippen molar-refractivity contribution in [2.75, 3.05) is 19.6 Å². The molecule has 3 aromatic rings. The summed E-state index contributed by atoms with van der Waals surface area (Å²) in [4.78, 5) is 21.3. The Balaban J connectivity index is 1.32. The lowest BCUT2D eigenvalue weighted by Gasteiger charge is -2.33.